The molecule has 0 bridgehead atoms. The second-order valence-corrected chi connectivity index (χ2v) is 4.86. The average Bonchev–Trinajstić information content (AvgIpc) is 2.72. The number of carbonyl (C=O) groups is 1. The molecule has 1 amide bonds. The maximum atomic E-state index is 11.8. The topological polar surface area (TPSA) is 46.9 Å². The van der Waals surface area contributed by atoms with Gasteiger partial charge in [0.1, 0.15) is 5.69 Å². The van der Waals surface area contributed by atoms with Gasteiger partial charge in [-0.1, -0.05) is 23.7 Å². The lowest BCUT2D eigenvalue weighted by Gasteiger charge is -2.03. The Morgan fingerprint density at radius 2 is 2.05 bits per heavy atom. The van der Waals surface area contributed by atoms with Crippen molar-refractivity contribution in [2.75, 3.05) is 6.54 Å². The fraction of sp³-hybridized carbons (Fsp3) is 0.286. The quantitative estimate of drug-likeness (QED) is 0.932. The SMILES string of the molecule is Cc1cc(C(=O)NCCc2ccc(Cl)cc2)nn1C. The van der Waals surface area contributed by atoms with E-state index in [4.69, 9.17) is 11.6 Å². The number of benzene rings is 1. The molecule has 0 unspecified atom stereocenters. The lowest BCUT2D eigenvalue weighted by atomic mass is 10.1. The average molecular weight is 278 g/mol. The van der Waals surface area contributed by atoms with Crippen LogP contribution in [0.2, 0.25) is 5.02 Å². The molecule has 0 radical (unpaired) electrons. The molecule has 1 aromatic heterocycles. The minimum absolute atomic E-state index is 0.141. The molecule has 0 saturated carbocycles. The van der Waals surface area contributed by atoms with Crippen LogP contribution in [0, 0.1) is 6.92 Å². The predicted molar refractivity (Wildman–Crippen MR) is 75.4 cm³/mol. The number of halogens is 1. The number of rotatable bonds is 4. The third-order valence-corrected chi connectivity index (χ3v) is 3.21. The van der Waals surface area contributed by atoms with Gasteiger partial charge in [-0.3, -0.25) is 9.48 Å². The van der Waals surface area contributed by atoms with Crippen molar-refractivity contribution in [1.29, 1.82) is 0 Å². The summed E-state index contributed by atoms with van der Waals surface area (Å²) >= 11 is 5.81. The molecule has 2 rings (SSSR count). The van der Waals surface area contributed by atoms with Gasteiger partial charge in [0.2, 0.25) is 0 Å². The van der Waals surface area contributed by atoms with Gasteiger partial charge in [0.15, 0.2) is 0 Å². The molecule has 0 atom stereocenters. The van der Waals surface area contributed by atoms with Crippen LogP contribution in [-0.4, -0.2) is 22.2 Å². The fourth-order valence-electron chi connectivity index (χ4n) is 1.73. The number of aromatic nitrogens is 2. The molecule has 0 spiro atoms. The van der Waals surface area contributed by atoms with Crippen LogP contribution in [0.25, 0.3) is 0 Å². The minimum Gasteiger partial charge on any atom is -0.350 e. The van der Waals surface area contributed by atoms with Crippen molar-refractivity contribution in [3.63, 3.8) is 0 Å². The minimum atomic E-state index is -0.141. The zero-order valence-electron chi connectivity index (χ0n) is 11.0. The van der Waals surface area contributed by atoms with Gasteiger partial charge in [0.05, 0.1) is 0 Å². The third-order valence-electron chi connectivity index (χ3n) is 2.96. The van der Waals surface area contributed by atoms with Crippen LogP contribution >= 0.6 is 11.6 Å². The van der Waals surface area contributed by atoms with Crippen molar-refractivity contribution in [2.24, 2.45) is 7.05 Å². The molecular weight excluding hydrogens is 262 g/mol. The van der Waals surface area contributed by atoms with E-state index in [2.05, 4.69) is 10.4 Å². The lowest BCUT2D eigenvalue weighted by Crippen LogP contribution is -2.26. The second-order valence-electron chi connectivity index (χ2n) is 4.43. The molecule has 4 nitrogen and oxygen atoms in total. The summed E-state index contributed by atoms with van der Waals surface area (Å²) in [6, 6.07) is 9.39. The number of carbonyl (C=O) groups excluding carboxylic acids is 1. The van der Waals surface area contributed by atoms with Crippen molar-refractivity contribution in [2.45, 2.75) is 13.3 Å². The van der Waals surface area contributed by atoms with Crippen LogP contribution in [0.5, 0.6) is 0 Å². The summed E-state index contributed by atoms with van der Waals surface area (Å²) in [5, 5.41) is 7.71. The molecule has 0 saturated heterocycles. The smallest absolute Gasteiger partial charge is 0.271 e. The molecule has 0 aliphatic carbocycles. The Kier molecular flexibility index (Phi) is 4.22. The molecule has 2 aromatic rings. The lowest BCUT2D eigenvalue weighted by molar-refractivity contribution is 0.0948. The molecule has 5 heteroatoms. The Balaban J connectivity index is 1.85. The first-order chi connectivity index (χ1) is 9.06. The van der Waals surface area contributed by atoms with E-state index in [9.17, 15) is 4.79 Å². The van der Waals surface area contributed by atoms with Gasteiger partial charge in [-0.05, 0) is 37.1 Å². The Morgan fingerprint density at radius 3 is 2.63 bits per heavy atom. The Bertz CT molecular complexity index is 555. The highest BCUT2D eigenvalue weighted by atomic mass is 35.5. The summed E-state index contributed by atoms with van der Waals surface area (Å²) in [6.07, 6.45) is 0.773. The summed E-state index contributed by atoms with van der Waals surface area (Å²) < 4.78 is 1.69. The van der Waals surface area contributed by atoms with E-state index in [0.29, 0.717) is 12.2 Å². The van der Waals surface area contributed by atoms with E-state index in [1.54, 1.807) is 10.7 Å². The van der Waals surface area contributed by atoms with E-state index < -0.39 is 0 Å². The molecule has 100 valence electrons. The molecule has 0 fully saturated rings. The van der Waals surface area contributed by atoms with Crippen molar-refractivity contribution in [1.82, 2.24) is 15.1 Å². The monoisotopic (exact) mass is 277 g/mol. The maximum Gasteiger partial charge on any atom is 0.271 e. The van der Waals surface area contributed by atoms with Crippen LogP contribution in [-0.2, 0) is 13.5 Å². The van der Waals surface area contributed by atoms with Crippen LogP contribution in [0.15, 0.2) is 30.3 Å². The number of nitrogens with one attached hydrogen (secondary N) is 1. The van der Waals surface area contributed by atoms with Gasteiger partial charge in [-0.15, -0.1) is 0 Å². The standard InChI is InChI=1S/C14H16ClN3O/c1-10-9-13(17-18(10)2)14(19)16-8-7-11-3-5-12(15)6-4-11/h3-6,9H,7-8H2,1-2H3,(H,16,19). The Morgan fingerprint density at radius 1 is 1.37 bits per heavy atom. The normalized spacial score (nSPS) is 10.5. The predicted octanol–water partition coefficient (Wildman–Crippen LogP) is 2.35. The van der Waals surface area contributed by atoms with Gasteiger partial charge < -0.3 is 5.32 Å². The summed E-state index contributed by atoms with van der Waals surface area (Å²) in [5.74, 6) is -0.141. The molecule has 1 N–H and O–H groups in total. The Hall–Kier alpha value is -1.81. The number of hydrogen-bond acceptors (Lipinski definition) is 2. The molecule has 0 aliphatic rings. The molecular formula is C14H16ClN3O. The van der Waals surface area contributed by atoms with E-state index in [1.165, 1.54) is 0 Å². The second kappa shape index (κ2) is 5.89. The summed E-state index contributed by atoms with van der Waals surface area (Å²) in [6.45, 7) is 2.49. The first kappa shape index (κ1) is 13.6. The van der Waals surface area contributed by atoms with Gasteiger partial charge in [0.25, 0.3) is 5.91 Å². The van der Waals surface area contributed by atoms with Gasteiger partial charge in [0, 0.05) is 24.3 Å². The number of hydrogen-bond donors (Lipinski definition) is 1. The van der Waals surface area contributed by atoms with Gasteiger partial charge in [-0.2, -0.15) is 5.10 Å². The molecule has 0 aliphatic heterocycles. The molecule has 19 heavy (non-hydrogen) atoms. The zero-order valence-corrected chi connectivity index (χ0v) is 11.7. The van der Waals surface area contributed by atoms with E-state index >= 15 is 0 Å². The van der Waals surface area contributed by atoms with E-state index in [0.717, 1.165) is 22.7 Å². The summed E-state index contributed by atoms with van der Waals surface area (Å²) in [5.41, 5.74) is 2.56. The molecule has 1 heterocycles. The van der Waals surface area contributed by atoms with Crippen LogP contribution < -0.4 is 5.32 Å². The summed E-state index contributed by atoms with van der Waals surface area (Å²) in [4.78, 5) is 11.8. The highest BCUT2D eigenvalue weighted by Gasteiger charge is 2.09. The van der Waals surface area contributed by atoms with Crippen molar-refractivity contribution in [3.05, 3.63) is 52.3 Å². The van der Waals surface area contributed by atoms with Gasteiger partial charge in [-0.25, -0.2) is 0 Å². The molecule has 1 aromatic carbocycles. The van der Waals surface area contributed by atoms with Crippen LogP contribution in [0.3, 0.4) is 0 Å². The van der Waals surface area contributed by atoms with Crippen molar-refractivity contribution >= 4 is 17.5 Å². The van der Waals surface area contributed by atoms with Gasteiger partial charge >= 0.3 is 0 Å². The summed E-state index contributed by atoms with van der Waals surface area (Å²) in [7, 11) is 1.82. The van der Waals surface area contributed by atoms with Crippen LogP contribution in [0.4, 0.5) is 0 Å². The first-order valence-electron chi connectivity index (χ1n) is 6.09. The third kappa shape index (κ3) is 3.58. The fourth-order valence-corrected chi connectivity index (χ4v) is 1.86. The first-order valence-corrected chi connectivity index (χ1v) is 6.47. The highest BCUT2D eigenvalue weighted by molar-refractivity contribution is 6.30. The van der Waals surface area contributed by atoms with E-state index in [-0.39, 0.29) is 5.91 Å². The number of nitrogens with zero attached hydrogens (tertiary/aromatic N) is 2. The largest absolute Gasteiger partial charge is 0.350 e. The Labute approximate surface area is 117 Å². The van der Waals surface area contributed by atoms with Crippen LogP contribution in [0.1, 0.15) is 21.7 Å². The number of aryl methyl sites for hydroxylation is 2. The van der Waals surface area contributed by atoms with Crippen molar-refractivity contribution in [3.8, 4) is 0 Å². The van der Waals surface area contributed by atoms with Crippen molar-refractivity contribution < 1.29 is 4.79 Å². The number of amides is 1. The maximum absolute atomic E-state index is 11.8. The highest BCUT2D eigenvalue weighted by Crippen LogP contribution is 2.09. The van der Waals surface area contributed by atoms with E-state index in [1.807, 2.05) is 38.2 Å². The zero-order chi connectivity index (χ0) is 13.8.